The van der Waals surface area contributed by atoms with Gasteiger partial charge in [0.2, 0.25) is 0 Å². The van der Waals surface area contributed by atoms with Gasteiger partial charge in [0.1, 0.15) is 0 Å². The largest absolute Gasteiger partial charge is 0.416 e. The number of nitrogens with zero attached hydrogens (tertiary/aromatic N) is 1. The lowest BCUT2D eigenvalue weighted by Gasteiger charge is -2.30. The first-order valence-corrected chi connectivity index (χ1v) is 6.98. The van der Waals surface area contributed by atoms with Gasteiger partial charge in [0.05, 0.1) is 11.2 Å². The lowest BCUT2D eigenvalue weighted by atomic mass is 9.84. The van der Waals surface area contributed by atoms with Crippen molar-refractivity contribution < 1.29 is 18.3 Å². The van der Waals surface area contributed by atoms with E-state index in [-0.39, 0.29) is 5.56 Å². The van der Waals surface area contributed by atoms with Crippen LogP contribution in [0.4, 0.5) is 13.2 Å². The van der Waals surface area contributed by atoms with Gasteiger partial charge in [-0.3, -0.25) is 0 Å². The summed E-state index contributed by atoms with van der Waals surface area (Å²) in [5, 5.41) is 10.8. The highest BCUT2D eigenvalue weighted by molar-refractivity contribution is 5.34. The molecule has 1 atom stereocenters. The molecule has 0 saturated carbocycles. The number of hydrogen-bond donors (Lipinski definition) is 1. The summed E-state index contributed by atoms with van der Waals surface area (Å²) in [5.74, 6) is 0. The van der Waals surface area contributed by atoms with Crippen LogP contribution in [0.5, 0.6) is 0 Å². The monoisotopic (exact) mass is 287 g/mol. The summed E-state index contributed by atoms with van der Waals surface area (Å²) in [4.78, 5) is 2.16. The molecule has 1 aromatic carbocycles. The SMILES string of the molecule is CCN1CCCC(O)(c2ccccc2C(F)(F)F)CC1. The zero-order valence-corrected chi connectivity index (χ0v) is 11.6. The first kappa shape index (κ1) is 15.3. The summed E-state index contributed by atoms with van der Waals surface area (Å²) in [6, 6.07) is 5.38. The van der Waals surface area contributed by atoms with E-state index < -0.39 is 17.3 Å². The van der Waals surface area contributed by atoms with E-state index in [4.69, 9.17) is 0 Å². The van der Waals surface area contributed by atoms with E-state index >= 15 is 0 Å². The summed E-state index contributed by atoms with van der Waals surface area (Å²) in [6.45, 7) is 4.33. The average molecular weight is 287 g/mol. The highest BCUT2D eigenvalue weighted by atomic mass is 19.4. The van der Waals surface area contributed by atoms with Crippen LogP contribution in [-0.4, -0.2) is 29.6 Å². The molecule has 0 aliphatic carbocycles. The predicted octanol–water partition coefficient (Wildman–Crippen LogP) is 3.40. The van der Waals surface area contributed by atoms with E-state index in [0.29, 0.717) is 25.8 Å². The number of alkyl halides is 3. The Bertz CT molecular complexity index is 461. The maximum Gasteiger partial charge on any atom is 0.416 e. The molecule has 1 unspecified atom stereocenters. The molecular formula is C15H20F3NO. The molecule has 1 aliphatic rings. The first-order valence-electron chi connectivity index (χ1n) is 6.98. The van der Waals surface area contributed by atoms with Crippen LogP contribution in [0.3, 0.4) is 0 Å². The lowest BCUT2D eigenvalue weighted by Crippen LogP contribution is -2.31. The van der Waals surface area contributed by atoms with Crippen molar-refractivity contribution in [1.82, 2.24) is 4.90 Å². The van der Waals surface area contributed by atoms with Crippen molar-refractivity contribution in [3.63, 3.8) is 0 Å². The molecule has 1 heterocycles. The Labute approximate surface area is 117 Å². The van der Waals surface area contributed by atoms with E-state index in [1.807, 2.05) is 6.92 Å². The molecule has 0 bridgehead atoms. The van der Waals surface area contributed by atoms with Gasteiger partial charge >= 0.3 is 6.18 Å². The van der Waals surface area contributed by atoms with Crippen LogP contribution in [0.2, 0.25) is 0 Å². The summed E-state index contributed by atoms with van der Waals surface area (Å²) >= 11 is 0. The molecule has 1 aliphatic heterocycles. The fourth-order valence-corrected chi connectivity index (χ4v) is 2.90. The van der Waals surface area contributed by atoms with E-state index in [0.717, 1.165) is 19.2 Å². The zero-order chi connectivity index (χ0) is 14.8. The van der Waals surface area contributed by atoms with Gasteiger partial charge in [0.25, 0.3) is 0 Å². The van der Waals surface area contributed by atoms with E-state index in [1.54, 1.807) is 6.07 Å². The summed E-state index contributed by atoms with van der Waals surface area (Å²) in [7, 11) is 0. The number of rotatable bonds is 2. The molecule has 1 fully saturated rings. The van der Waals surface area contributed by atoms with Crippen molar-refractivity contribution >= 4 is 0 Å². The second-order valence-electron chi connectivity index (χ2n) is 5.36. The van der Waals surface area contributed by atoms with E-state index in [2.05, 4.69) is 4.90 Å². The summed E-state index contributed by atoms with van der Waals surface area (Å²) in [5.41, 5.74) is -2.08. The van der Waals surface area contributed by atoms with Crippen LogP contribution in [0.15, 0.2) is 24.3 Å². The molecule has 0 amide bonds. The van der Waals surface area contributed by atoms with Crippen molar-refractivity contribution in [2.45, 2.75) is 38.0 Å². The molecular weight excluding hydrogens is 267 g/mol. The third kappa shape index (κ3) is 3.15. The maximum absolute atomic E-state index is 13.1. The number of hydrogen-bond acceptors (Lipinski definition) is 2. The summed E-state index contributed by atoms with van der Waals surface area (Å²) < 4.78 is 39.3. The standard InChI is InChI=1S/C15H20F3NO/c1-2-19-10-5-8-14(20,9-11-19)12-6-3-4-7-13(12)15(16,17)18/h3-4,6-7,20H,2,5,8-11H2,1H3. The third-order valence-electron chi connectivity index (χ3n) is 4.09. The van der Waals surface area contributed by atoms with Gasteiger partial charge in [-0.05, 0) is 44.0 Å². The van der Waals surface area contributed by atoms with Crippen molar-refractivity contribution in [3.8, 4) is 0 Å². The Morgan fingerprint density at radius 3 is 2.55 bits per heavy atom. The minimum Gasteiger partial charge on any atom is -0.385 e. The Kier molecular flexibility index (Phi) is 4.39. The van der Waals surface area contributed by atoms with Crippen LogP contribution in [-0.2, 0) is 11.8 Å². The third-order valence-corrected chi connectivity index (χ3v) is 4.09. The number of benzene rings is 1. The molecule has 2 nitrogen and oxygen atoms in total. The van der Waals surface area contributed by atoms with Gasteiger partial charge < -0.3 is 10.0 Å². The first-order chi connectivity index (χ1) is 9.37. The highest BCUT2D eigenvalue weighted by Crippen LogP contribution is 2.41. The van der Waals surface area contributed by atoms with E-state index in [9.17, 15) is 18.3 Å². The molecule has 2 rings (SSSR count). The Balaban J connectivity index is 2.35. The fraction of sp³-hybridized carbons (Fsp3) is 0.600. The number of likely N-dealkylation sites (tertiary alicyclic amines) is 1. The fourth-order valence-electron chi connectivity index (χ4n) is 2.90. The van der Waals surface area contributed by atoms with Gasteiger partial charge in [0.15, 0.2) is 0 Å². The van der Waals surface area contributed by atoms with Gasteiger partial charge in [-0.1, -0.05) is 25.1 Å². The minimum atomic E-state index is -4.43. The maximum atomic E-state index is 13.1. The average Bonchev–Trinajstić information content (AvgIpc) is 2.60. The van der Waals surface area contributed by atoms with E-state index in [1.165, 1.54) is 12.1 Å². The zero-order valence-electron chi connectivity index (χ0n) is 11.6. The Morgan fingerprint density at radius 1 is 1.20 bits per heavy atom. The van der Waals surface area contributed by atoms with Gasteiger partial charge in [-0.2, -0.15) is 13.2 Å². The molecule has 5 heteroatoms. The highest BCUT2D eigenvalue weighted by Gasteiger charge is 2.41. The van der Waals surface area contributed by atoms with Crippen LogP contribution >= 0.6 is 0 Å². The molecule has 1 aromatic rings. The molecule has 0 aromatic heterocycles. The molecule has 0 radical (unpaired) electrons. The number of aliphatic hydroxyl groups is 1. The molecule has 1 saturated heterocycles. The summed E-state index contributed by atoms with van der Waals surface area (Å²) in [6.07, 6.45) is -3.01. The Morgan fingerprint density at radius 2 is 1.90 bits per heavy atom. The quantitative estimate of drug-likeness (QED) is 0.901. The normalized spacial score (nSPS) is 25.4. The van der Waals surface area contributed by atoms with Crippen molar-refractivity contribution in [1.29, 1.82) is 0 Å². The van der Waals surface area contributed by atoms with Crippen LogP contribution in [0, 0.1) is 0 Å². The topological polar surface area (TPSA) is 23.5 Å². The van der Waals surface area contributed by atoms with Gasteiger partial charge in [-0.15, -0.1) is 0 Å². The molecule has 1 N–H and O–H groups in total. The molecule has 20 heavy (non-hydrogen) atoms. The van der Waals surface area contributed by atoms with Crippen LogP contribution in [0.25, 0.3) is 0 Å². The van der Waals surface area contributed by atoms with Crippen molar-refractivity contribution in [2.24, 2.45) is 0 Å². The smallest absolute Gasteiger partial charge is 0.385 e. The van der Waals surface area contributed by atoms with Gasteiger partial charge in [0, 0.05) is 6.54 Å². The lowest BCUT2D eigenvalue weighted by molar-refractivity contribution is -0.141. The second kappa shape index (κ2) is 5.74. The predicted molar refractivity (Wildman–Crippen MR) is 71.3 cm³/mol. The van der Waals surface area contributed by atoms with Crippen LogP contribution in [0.1, 0.15) is 37.3 Å². The molecule has 112 valence electrons. The van der Waals surface area contributed by atoms with Crippen molar-refractivity contribution in [2.75, 3.05) is 19.6 Å². The van der Waals surface area contributed by atoms with Crippen LogP contribution < -0.4 is 0 Å². The second-order valence-corrected chi connectivity index (χ2v) is 5.36. The molecule has 0 spiro atoms. The number of halogens is 3. The van der Waals surface area contributed by atoms with Crippen molar-refractivity contribution in [3.05, 3.63) is 35.4 Å². The minimum absolute atomic E-state index is 0.0189. The van der Waals surface area contributed by atoms with Gasteiger partial charge in [-0.25, -0.2) is 0 Å². The Hall–Kier alpha value is -1.07.